The molecule has 1 aliphatic rings. The van der Waals surface area contributed by atoms with Crippen LogP contribution in [-0.2, 0) is 11.3 Å². The number of benzene rings is 1. The molecule has 0 aromatic heterocycles. The number of rotatable bonds is 4. The van der Waals surface area contributed by atoms with Gasteiger partial charge < -0.3 is 10.6 Å². The minimum atomic E-state index is -0.441. The molecule has 0 aliphatic carbocycles. The van der Waals surface area contributed by atoms with E-state index in [-0.39, 0.29) is 17.6 Å². The van der Waals surface area contributed by atoms with Gasteiger partial charge in [-0.1, -0.05) is 12.1 Å². The second-order valence-electron chi connectivity index (χ2n) is 4.29. The van der Waals surface area contributed by atoms with Crippen molar-refractivity contribution < 1.29 is 9.72 Å². The first-order valence-electron chi connectivity index (χ1n) is 5.91. The van der Waals surface area contributed by atoms with E-state index in [0.29, 0.717) is 6.54 Å². The molecule has 1 amide bonds. The van der Waals surface area contributed by atoms with Crippen molar-refractivity contribution in [2.24, 2.45) is 0 Å². The zero-order valence-electron chi connectivity index (χ0n) is 9.89. The van der Waals surface area contributed by atoms with Crippen LogP contribution in [0.2, 0.25) is 0 Å². The predicted molar refractivity (Wildman–Crippen MR) is 66.0 cm³/mol. The fraction of sp³-hybridized carbons (Fsp3) is 0.417. The Labute approximate surface area is 105 Å². The van der Waals surface area contributed by atoms with Crippen LogP contribution in [0.25, 0.3) is 0 Å². The molecule has 0 bridgehead atoms. The lowest BCUT2D eigenvalue weighted by molar-refractivity contribution is -0.384. The predicted octanol–water partition coefficient (Wildman–Crippen LogP) is 0.963. The van der Waals surface area contributed by atoms with E-state index in [1.807, 2.05) is 0 Å². The molecule has 1 aromatic carbocycles. The highest BCUT2D eigenvalue weighted by atomic mass is 16.6. The first-order chi connectivity index (χ1) is 8.66. The molecule has 2 N–H and O–H groups in total. The van der Waals surface area contributed by atoms with E-state index in [0.717, 1.165) is 24.9 Å². The molecule has 1 heterocycles. The number of carbonyl (C=O) groups excluding carboxylic acids is 1. The highest BCUT2D eigenvalue weighted by molar-refractivity contribution is 5.81. The van der Waals surface area contributed by atoms with Crippen LogP contribution in [0.5, 0.6) is 0 Å². The maximum atomic E-state index is 11.7. The fourth-order valence-electron chi connectivity index (χ4n) is 2.00. The van der Waals surface area contributed by atoms with Gasteiger partial charge in [0, 0.05) is 18.7 Å². The Morgan fingerprint density at radius 1 is 1.56 bits per heavy atom. The highest BCUT2D eigenvalue weighted by Crippen LogP contribution is 2.13. The van der Waals surface area contributed by atoms with E-state index in [1.165, 1.54) is 12.1 Å². The quantitative estimate of drug-likeness (QED) is 0.615. The van der Waals surface area contributed by atoms with Crippen molar-refractivity contribution >= 4 is 11.6 Å². The van der Waals surface area contributed by atoms with Crippen LogP contribution in [0.1, 0.15) is 18.4 Å². The first-order valence-corrected chi connectivity index (χ1v) is 5.91. The Morgan fingerprint density at radius 3 is 3.06 bits per heavy atom. The molecule has 1 atom stereocenters. The highest BCUT2D eigenvalue weighted by Gasteiger charge is 2.21. The van der Waals surface area contributed by atoms with Gasteiger partial charge in [0.1, 0.15) is 0 Å². The van der Waals surface area contributed by atoms with Crippen LogP contribution in [-0.4, -0.2) is 23.4 Å². The summed E-state index contributed by atoms with van der Waals surface area (Å²) in [5.41, 5.74) is 0.774. The van der Waals surface area contributed by atoms with Gasteiger partial charge >= 0.3 is 0 Å². The number of non-ortho nitro benzene ring substituents is 1. The van der Waals surface area contributed by atoms with Crippen molar-refractivity contribution in [2.45, 2.75) is 25.4 Å². The maximum Gasteiger partial charge on any atom is 0.269 e. The average molecular weight is 249 g/mol. The van der Waals surface area contributed by atoms with Crippen LogP contribution < -0.4 is 10.6 Å². The number of hydrogen-bond acceptors (Lipinski definition) is 4. The topological polar surface area (TPSA) is 84.3 Å². The molecule has 6 nitrogen and oxygen atoms in total. The summed E-state index contributed by atoms with van der Waals surface area (Å²) in [5, 5.41) is 16.5. The maximum absolute atomic E-state index is 11.7. The normalized spacial score (nSPS) is 18.6. The van der Waals surface area contributed by atoms with Crippen molar-refractivity contribution in [1.29, 1.82) is 0 Å². The van der Waals surface area contributed by atoms with E-state index in [2.05, 4.69) is 10.6 Å². The van der Waals surface area contributed by atoms with E-state index in [1.54, 1.807) is 12.1 Å². The third-order valence-corrected chi connectivity index (χ3v) is 2.96. The first kappa shape index (κ1) is 12.5. The molecule has 0 radical (unpaired) electrons. The number of amides is 1. The summed E-state index contributed by atoms with van der Waals surface area (Å²) in [5.74, 6) is -0.0426. The number of nitrogens with one attached hydrogen (secondary N) is 2. The van der Waals surface area contributed by atoms with E-state index < -0.39 is 4.92 Å². The molecule has 2 rings (SSSR count). The van der Waals surface area contributed by atoms with Crippen LogP contribution in [0.3, 0.4) is 0 Å². The Bertz CT molecular complexity index is 456. The summed E-state index contributed by atoms with van der Waals surface area (Å²) in [4.78, 5) is 21.9. The molecule has 0 spiro atoms. The molecule has 1 fully saturated rings. The fourth-order valence-corrected chi connectivity index (χ4v) is 2.00. The summed E-state index contributed by atoms with van der Waals surface area (Å²) in [6, 6.07) is 6.17. The molecule has 1 aromatic rings. The van der Waals surface area contributed by atoms with E-state index in [4.69, 9.17) is 0 Å². The molecular weight excluding hydrogens is 234 g/mol. The molecule has 0 saturated carbocycles. The van der Waals surface area contributed by atoms with Crippen molar-refractivity contribution in [3.05, 3.63) is 39.9 Å². The summed E-state index contributed by atoms with van der Waals surface area (Å²) in [6.07, 6.45) is 1.86. The number of carbonyl (C=O) groups is 1. The molecule has 96 valence electrons. The molecule has 6 heteroatoms. The Balaban J connectivity index is 1.91. The van der Waals surface area contributed by atoms with Gasteiger partial charge in [0.25, 0.3) is 5.69 Å². The zero-order chi connectivity index (χ0) is 13.0. The van der Waals surface area contributed by atoms with Crippen molar-refractivity contribution in [3.8, 4) is 0 Å². The Kier molecular flexibility index (Phi) is 3.88. The van der Waals surface area contributed by atoms with Crippen LogP contribution >= 0.6 is 0 Å². The lowest BCUT2D eigenvalue weighted by atomic mass is 10.2. The van der Waals surface area contributed by atoms with Gasteiger partial charge in [0.2, 0.25) is 5.91 Å². The van der Waals surface area contributed by atoms with Crippen LogP contribution in [0.4, 0.5) is 5.69 Å². The number of nitro benzene ring substituents is 1. The minimum absolute atomic E-state index is 0.0424. The lowest BCUT2D eigenvalue weighted by Crippen LogP contribution is -2.39. The van der Waals surface area contributed by atoms with Gasteiger partial charge in [-0.15, -0.1) is 0 Å². The van der Waals surface area contributed by atoms with E-state index in [9.17, 15) is 14.9 Å². The molecule has 0 unspecified atom stereocenters. The Hall–Kier alpha value is -1.95. The summed E-state index contributed by atoms with van der Waals surface area (Å²) >= 11 is 0. The van der Waals surface area contributed by atoms with Gasteiger partial charge in [-0.2, -0.15) is 0 Å². The summed E-state index contributed by atoms with van der Waals surface area (Å²) in [7, 11) is 0. The molecule has 18 heavy (non-hydrogen) atoms. The zero-order valence-corrected chi connectivity index (χ0v) is 9.89. The number of nitro groups is 1. The number of nitrogens with zero attached hydrogens (tertiary/aromatic N) is 1. The monoisotopic (exact) mass is 249 g/mol. The van der Waals surface area contributed by atoms with Gasteiger partial charge in [0.05, 0.1) is 11.0 Å². The molecule has 1 saturated heterocycles. The standard InChI is InChI=1S/C12H15N3O3/c16-12(11-5-2-6-13-11)14-8-9-3-1-4-10(7-9)15(17)18/h1,3-4,7,11,13H,2,5-6,8H2,(H,14,16)/t11-/m1/s1. The Morgan fingerprint density at radius 2 is 2.39 bits per heavy atom. The smallest absolute Gasteiger partial charge is 0.269 e. The lowest BCUT2D eigenvalue weighted by Gasteiger charge is -2.10. The summed E-state index contributed by atoms with van der Waals surface area (Å²) < 4.78 is 0. The van der Waals surface area contributed by atoms with Crippen molar-refractivity contribution in [3.63, 3.8) is 0 Å². The average Bonchev–Trinajstić information content (AvgIpc) is 2.90. The third-order valence-electron chi connectivity index (χ3n) is 2.96. The minimum Gasteiger partial charge on any atom is -0.351 e. The second-order valence-corrected chi connectivity index (χ2v) is 4.29. The molecule has 1 aliphatic heterocycles. The van der Waals surface area contributed by atoms with Crippen LogP contribution in [0, 0.1) is 10.1 Å². The van der Waals surface area contributed by atoms with Crippen molar-refractivity contribution in [1.82, 2.24) is 10.6 Å². The van der Waals surface area contributed by atoms with Crippen LogP contribution in [0.15, 0.2) is 24.3 Å². The van der Waals surface area contributed by atoms with Gasteiger partial charge in [-0.05, 0) is 24.9 Å². The van der Waals surface area contributed by atoms with Crippen molar-refractivity contribution in [2.75, 3.05) is 6.54 Å². The van der Waals surface area contributed by atoms with Gasteiger partial charge in [-0.3, -0.25) is 14.9 Å². The van der Waals surface area contributed by atoms with E-state index >= 15 is 0 Å². The SMILES string of the molecule is O=C(NCc1cccc([N+](=O)[O-])c1)[C@H]1CCCN1. The van der Waals surface area contributed by atoms with Gasteiger partial charge in [-0.25, -0.2) is 0 Å². The largest absolute Gasteiger partial charge is 0.351 e. The number of hydrogen-bond donors (Lipinski definition) is 2. The second kappa shape index (κ2) is 5.59. The van der Waals surface area contributed by atoms with Gasteiger partial charge in [0.15, 0.2) is 0 Å². The third kappa shape index (κ3) is 3.04. The molecular formula is C12H15N3O3. The summed E-state index contributed by atoms with van der Waals surface area (Å²) in [6.45, 7) is 1.19.